The monoisotopic (exact) mass is 289 g/mol. The molecule has 1 aromatic carbocycles. The Morgan fingerprint density at radius 2 is 1.95 bits per heavy atom. The van der Waals surface area contributed by atoms with Crippen molar-refractivity contribution in [1.82, 2.24) is 5.32 Å². The van der Waals surface area contributed by atoms with Gasteiger partial charge >= 0.3 is 0 Å². The van der Waals surface area contributed by atoms with Crippen LogP contribution in [-0.4, -0.2) is 19.3 Å². The fourth-order valence-corrected chi connectivity index (χ4v) is 3.32. The maximum Gasteiger partial charge on any atom is 0.0652 e. The van der Waals surface area contributed by atoms with E-state index in [0.717, 1.165) is 6.42 Å². The molecule has 2 nitrogen and oxygen atoms in total. The van der Waals surface area contributed by atoms with Gasteiger partial charge in [0.2, 0.25) is 0 Å². The Balaban J connectivity index is 1.90. The Bertz CT molecular complexity index is 437. The van der Waals surface area contributed by atoms with Gasteiger partial charge < -0.3 is 10.1 Å². The molecule has 0 aromatic heterocycles. The predicted molar refractivity (Wildman–Crippen MR) is 89.6 cm³/mol. The molecule has 1 fully saturated rings. The minimum atomic E-state index is 0.226. The van der Waals surface area contributed by atoms with Crippen LogP contribution in [0.4, 0.5) is 0 Å². The first-order chi connectivity index (χ1) is 9.98. The second kappa shape index (κ2) is 6.93. The molecular formula is C19H31NO. The minimum Gasteiger partial charge on any atom is -0.381 e. The fourth-order valence-electron chi connectivity index (χ4n) is 3.32. The van der Waals surface area contributed by atoms with E-state index >= 15 is 0 Å². The summed E-state index contributed by atoms with van der Waals surface area (Å²) in [5.41, 5.74) is 3.06. The summed E-state index contributed by atoms with van der Waals surface area (Å²) in [5.74, 6) is 0. The molecule has 1 N–H and O–H groups in total. The molecule has 118 valence electrons. The van der Waals surface area contributed by atoms with E-state index < -0.39 is 0 Å². The SMILES string of the molecule is CCCCc1ccc(C(C)NC2CC(OC)C2(C)C)cc1. The Kier molecular flexibility index (Phi) is 5.45. The van der Waals surface area contributed by atoms with Crippen LogP contribution in [0.15, 0.2) is 24.3 Å². The van der Waals surface area contributed by atoms with Gasteiger partial charge in [-0.3, -0.25) is 0 Å². The zero-order valence-corrected chi connectivity index (χ0v) is 14.3. The van der Waals surface area contributed by atoms with Crippen LogP contribution in [0, 0.1) is 5.41 Å². The van der Waals surface area contributed by atoms with Crippen LogP contribution in [0.1, 0.15) is 64.1 Å². The zero-order valence-electron chi connectivity index (χ0n) is 14.3. The van der Waals surface area contributed by atoms with E-state index in [0.29, 0.717) is 18.2 Å². The molecule has 0 radical (unpaired) electrons. The van der Waals surface area contributed by atoms with Crippen LogP contribution in [-0.2, 0) is 11.2 Å². The molecule has 0 aliphatic heterocycles. The first-order valence-corrected chi connectivity index (χ1v) is 8.36. The van der Waals surface area contributed by atoms with E-state index in [-0.39, 0.29) is 5.41 Å². The van der Waals surface area contributed by atoms with Crippen molar-refractivity contribution < 1.29 is 4.74 Å². The lowest BCUT2D eigenvalue weighted by Crippen LogP contribution is -2.60. The zero-order chi connectivity index (χ0) is 15.5. The molecular weight excluding hydrogens is 258 g/mol. The van der Waals surface area contributed by atoms with Gasteiger partial charge in [-0.1, -0.05) is 51.5 Å². The van der Waals surface area contributed by atoms with E-state index in [1.807, 2.05) is 7.11 Å². The fraction of sp³-hybridized carbons (Fsp3) is 0.684. The second-order valence-electron chi connectivity index (χ2n) is 7.07. The highest BCUT2D eigenvalue weighted by Crippen LogP contribution is 2.43. The maximum absolute atomic E-state index is 5.53. The van der Waals surface area contributed by atoms with Crippen molar-refractivity contribution in [2.45, 2.75) is 71.6 Å². The molecule has 0 amide bonds. The van der Waals surface area contributed by atoms with Crippen LogP contribution < -0.4 is 5.32 Å². The Morgan fingerprint density at radius 1 is 1.29 bits per heavy atom. The van der Waals surface area contributed by atoms with Gasteiger partial charge in [0.05, 0.1) is 6.10 Å². The Morgan fingerprint density at radius 3 is 2.48 bits per heavy atom. The number of nitrogens with one attached hydrogen (secondary N) is 1. The van der Waals surface area contributed by atoms with Gasteiger partial charge in [-0.2, -0.15) is 0 Å². The van der Waals surface area contributed by atoms with E-state index in [1.54, 1.807) is 0 Å². The number of unbranched alkanes of at least 4 members (excludes halogenated alkanes) is 1. The molecule has 21 heavy (non-hydrogen) atoms. The number of hydrogen-bond acceptors (Lipinski definition) is 2. The van der Waals surface area contributed by atoms with Crippen LogP contribution in [0.3, 0.4) is 0 Å². The van der Waals surface area contributed by atoms with Crippen molar-refractivity contribution in [2.24, 2.45) is 5.41 Å². The summed E-state index contributed by atoms with van der Waals surface area (Å²) in [5, 5.41) is 3.77. The van der Waals surface area contributed by atoms with Crippen molar-refractivity contribution in [2.75, 3.05) is 7.11 Å². The Hall–Kier alpha value is -0.860. The standard InChI is InChI=1S/C19H31NO/c1-6-7-8-15-9-11-16(12-10-15)14(2)20-17-13-18(21-5)19(17,3)4/h9-12,14,17-18,20H,6-8,13H2,1-5H3. The first-order valence-electron chi connectivity index (χ1n) is 8.36. The lowest BCUT2D eigenvalue weighted by molar-refractivity contribution is -0.0999. The van der Waals surface area contributed by atoms with Crippen LogP contribution in [0.25, 0.3) is 0 Å². The largest absolute Gasteiger partial charge is 0.381 e. The van der Waals surface area contributed by atoms with Gasteiger partial charge in [0.1, 0.15) is 0 Å². The van der Waals surface area contributed by atoms with Gasteiger partial charge in [-0.05, 0) is 37.3 Å². The summed E-state index contributed by atoms with van der Waals surface area (Å²) < 4.78 is 5.53. The van der Waals surface area contributed by atoms with Gasteiger partial charge in [0.15, 0.2) is 0 Å². The highest BCUT2D eigenvalue weighted by Gasteiger charge is 2.48. The first kappa shape index (κ1) is 16.5. The number of methoxy groups -OCH3 is 1. The van der Waals surface area contributed by atoms with Crippen molar-refractivity contribution in [3.63, 3.8) is 0 Å². The van der Waals surface area contributed by atoms with Crippen molar-refractivity contribution >= 4 is 0 Å². The Labute approximate surface area is 130 Å². The summed E-state index contributed by atoms with van der Waals surface area (Å²) in [6.45, 7) is 9.09. The number of rotatable bonds is 7. The van der Waals surface area contributed by atoms with Crippen molar-refractivity contribution in [3.05, 3.63) is 35.4 Å². The van der Waals surface area contributed by atoms with Crippen LogP contribution in [0.2, 0.25) is 0 Å². The van der Waals surface area contributed by atoms with Crippen molar-refractivity contribution in [3.8, 4) is 0 Å². The van der Waals surface area contributed by atoms with Gasteiger partial charge in [0.25, 0.3) is 0 Å². The highest BCUT2D eigenvalue weighted by molar-refractivity contribution is 5.25. The third-order valence-corrected chi connectivity index (χ3v) is 5.21. The third-order valence-electron chi connectivity index (χ3n) is 5.21. The van der Waals surface area contributed by atoms with Gasteiger partial charge in [0, 0.05) is 24.6 Å². The highest BCUT2D eigenvalue weighted by atomic mass is 16.5. The number of ether oxygens (including phenoxy) is 1. The van der Waals surface area contributed by atoms with Crippen LogP contribution >= 0.6 is 0 Å². The average Bonchev–Trinajstić information content (AvgIpc) is 2.49. The van der Waals surface area contributed by atoms with E-state index in [1.165, 1.54) is 30.4 Å². The maximum atomic E-state index is 5.53. The van der Waals surface area contributed by atoms with Crippen LogP contribution in [0.5, 0.6) is 0 Å². The smallest absolute Gasteiger partial charge is 0.0652 e. The quantitative estimate of drug-likeness (QED) is 0.798. The number of aryl methyl sites for hydroxylation is 1. The topological polar surface area (TPSA) is 21.3 Å². The predicted octanol–water partition coefficient (Wildman–Crippen LogP) is 4.49. The number of hydrogen-bond donors (Lipinski definition) is 1. The molecule has 0 saturated heterocycles. The van der Waals surface area contributed by atoms with Gasteiger partial charge in [-0.15, -0.1) is 0 Å². The van der Waals surface area contributed by atoms with Gasteiger partial charge in [-0.25, -0.2) is 0 Å². The van der Waals surface area contributed by atoms with E-state index in [2.05, 4.69) is 57.3 Å². The molecule has 1 aliphatic carbocycles. The molecule has 1 aliphatic rings. The lowest BCUT2D eigenvalue weighted by atomic mass is 9.64. The normalized spacial score (nSPS) is 25.4. The summed E-state index contributed by atoms with van der Waals surface area (Å²) in [7, 11) is 1.82. The summed E-state index contributed by atoms with van der Waals surface area (Å²) >= 11 is 0. The van der Waals surface area contributed by atoms with E-state index in [9.17, 15) is 0 Å². The summed E-state index contributed by atoms with van der Waals surface area (Å²) in [4.78, 5) is 0. The summed E-state index contributed by atoms with van der Waals surface area (Å²) in [6, 6.07) is 10.1. The molecule has 2 rings (SSSR count). The average molecular weight is 289 g/mol. The molecule has 0 bridgehead atoms. The second-order valence-corrected chi connectivity index (χ2v) is 7.07. The molecule has 0 spiro atoms. The molecule has 0 heterocycles. The third kappa shape index (κ3) is 3.67. The molecule has 3 unspecified atom stereocenters. The molecule has 1 aromatic rings. The van der Waals surface area contributed by atoms with E-state index in [4.69, 9.17) is 4.74 Å². The molecule has 2 heteroatoms. The van der Waals surface area contributed by atoms with Crippen molar-refractivity contribution in [1.29, 1.82) is 0 Å². The number of benzene rings is 1. The summed E-state index contributed by atoms with van der Waals surface area (Å²) in [6.07, 6.45) is 5.24. The molecule has 1 saturated carbocycles. The minimum absolute atomic E-state index is 0.226. The molecule has 3 atom stereocenters. The lowest BCUT2D eigenvalue weighted by Gasteiger charge is -2.52.